The molecule has 0 radical (unpaired) electrons. The maximum atomic E-state index is 13.1. The third kappa shape index (κ3) is 3.05. The van der Waals surface area contributed by atoms with Gasteiger partial charge in [-0.05, 0) is 44.6 Å². The van der Waals surface area contributed by atoms with Crippen molar-refractivity contribution in [3.63, 3.8) is 0 Å². The number of aromatic nitrogens is 2. The van der Waals surface area contributed by atoms with Crippen molar-refractivity contribution in [2.75, 3.05) is 6.54 Å². The first-order chi connectivity index (χ1) is 13.0. The first-order valence-electron chi connectivity index (χ1n) is 9.55. The lowest BCUT2D eigenvalue weighted by molar-refractivity contribution is -0.143. The summed E-state index contributed by atoms with van der Waals surface area (Å²) in [4.78, 5) is 44.9. The van der Waals surface area contributed by atoms with Crippen LogP contribution >= 0.6 is 11.3 Å². The highest BCUT2D eigenvalue weighted by Gasteiger charge is 2.34. The number of aryl methyl sites for hydroxylation is 2. The molecule has 2 aromatic heterocycles. The minimum Gasteiger partial charge on any atom is -0.480 e. The third-order valence-corrected chi connectivity index (χ3v) is 6.83. The number of carbonyl (C=O) groups excluding carboxylic acids is 1. The highest BCUT2D eigenvalue weighted by molar-refractivity contribution is 7.20. The van der Waals surface area contributed by atoms with E-state index in [1.165, 1.54) is 16.2 Å². The number of nitrogens with zero attached hydrogens (tertiary/aromatic N) is 3. The number of fused-ring (bicyclic) bond motifs is 2. The number of piperidine rings is 1. The molecule has 1 N–H and O–H groups in total. The molecule has 1 unspecified atom stereocenters. The molecule has 144 valence electrons. The number of amides is 1. The maximum absolute atomic E-state index is 13.1. The molecule has 0 aromatic carbocycles. The van der Waals surface area contributed by atoms with Crippen LogP contribution in [0.15, 0.2) is 4.79 Å². The fraction of sp³-hybridized carbons (Fsp3) is 0.579. The van der Waals surface area contributed by atoms with Crippen molar-refractivity contribution in [1.82, 2.24) is 14.5 Å². The molecule has 4 rings (SSSR count). The van der Waals surface area contributed by atoms with Crippen LogP contribution in [0.2, 0.25) is 0 Å². The van der Waals surface area contributed by atoms with Gasteiger partial charge < -0.3 is 10.0 Å². The zero-order valence-corrected chi connectivity index (χ0v) is 16.2. The Labute approximate surface area is 160 Å². The molecule has 27 heavy (non-hydrogen) atoms. The van der Waals surface area contributed by atoms with Crippen LogP contribution in [-0.2, 0) is 17.8 Å². The number of carboxylic acid groups (broad SMARTS) is 1. The van der Waals surface area contributed by atoms with E-state index in [4.69, 9.17) is 4.98 Å². The van der Waals surface area contributed by atoms with Gasteiger partial charge >= 0.3 is 5.97 Å². The number of aliphatic carboxylic acids is 1. The minimum atomic E-state index is -0.966. The number of carboxylic acids is 1. The molecular formula is C19H23N3O4S. The van der Waals surface area contributed by atoms with Gasteiger partial charge in [0.2, 0.25) is 0 Å². The monoisotopic (exact) mass is 389 g/mol. The summed E-state index contributed by atoms with van der Waals surface area (Å²) >= 11 is 1.22. The van der Waals surface area contributed by atoms with E-state index in [0.717, 1.165) is 44.3 Å². The van der Waals surface area contributed by atoms with Gasteiger partial charge in [-0.25, -0.2) is 9.78 Å². The van der Waals surface area contributed by atoms with Crippen LogP contribution in [0.25, 0.3) is 10.2 Å². The highest BCUT2D eigenvalue weighted by atomic mass is 32.1. The molecule has 0 spiro atoms. The summed E-state index contributed by atoms with van der Waals surface area (Å²) in [7, 11) is 0. The van der Waals surface area contributed by atoms with Crippen LogP contribution in [0.3, 0.4) is 0 Å². The van der Waals surface area contributed by atoms with Crippen LogP contribution in [0.1, 0.15) is 59.6 Å². The van der Waals surface area contributed by atoms with Crippen molar-refractivity contribution >= 4 is 33.4 Å². The number of rotatable bonds is 2. The second-order valence-electron chi connectivity index (χ2n) is 7.38. The van der Waals surface area contributed by atoms with E-state index in [-0.39, 0.29) is 11.5 Å². The molecule has 1 atom stereocenters. The Morgan fingerprint density at radius 1 is 1.15 bits per heavy atom. The van der Waals surface area contributed by atoms with E-state index in [9.17, 15) is 19.5 Å². The molecule has 0 bridgehead atoms. The van der Waals surface area contributed by atoms with Crippen LogP contribution < -0.4 is 5.56 Å². The van der Waals surface area contributed by atoms with Crippen molar-refractivity contribution in [2.45, 2.75) is 64.5 Å². The Bertz CT molecular complexity index is 977. The number of carbonyl (C=O) groups is 2. The quantitative estimate of drug-likeness (QED) is 0.852. The van der Waals surface area contributed by atoms with Crippen molar-refractivity contribution in [3.8, 4) is 0 Å². The fourth-order valence-electron chi connectivity index (χ4n) is 4.18. The predicted octanol–water partition coefficient (Wildman–Crippen LogP) is 2.57. The molecule has 8 heteroatoms. The molecule has 1 amide bonds. The summed E-state index contributed by atoms with van der Waals surface area (Å²) in [6.45, 7) is 2.88. The summed E-state index contributed by atoms with van der Waals surface area (Å²) in [6.07, 6.45) is 5.92. The van der Waals surface area contributed by atoms with Crippen molar-refractivity contribution in [2.24, 2.45) is 0 Å². The zero-order chi connectivity index (χ0) is 19.1. The molecule has 1 fully saturated rings. The lowest BCUT2D eigenvalue weighted by Crippen LogP contribution is -2.47. The predicted molar refractivity (Wildman–Crippen MR) is 102 cm³/mol. The van der Waals surface area contributed by atoms with Crippen molar-refractivity contribution in [3.05, 3.63) is 26.6 Å². The lowest BCUT2D eigenvalue weighted by atomic mass is 10.0. The number of thiophene rings is 1. The normalized spacial score (nSPS) is 20.3. The standard InChI is InChI=1S/C19H23N3O4S/c1-11-14-16(20-13-8-3-2-5-10-22(13)17(14)23)27-15(11)18(24)21-9-6-4-7-12(21)19(25)26/h12H,2-10H2,1H3,(H,25,26). The molecule has 0 aliphatic carbocycles. The van der Waals surface area contributed by atoms with Crippen LogP contribution in [-0.4, -0.2) is 44.0 Å². The summed E-state index contributed by atoms with van der Waals surface area (Å²) in [5.41, 5.74) is 0.560. The third-order valence-electron chi connectivity index (χ3n) is 5.65. The lowest BCUT2D eigenvalue weighted by Gasteiger charge is -2.32. The molecule has 2 aliphatic rings. The second kappa shape index (κ2) is 7.07. The summed E-state index contributed by atoms with van der Waals surface area (Å²) in [5.74, 6) is -0.458. The van der Waals surface area contributed by atoms with Gasteiger partial charge in [0.15, 0.2) is 0 Å². The molecule has 4 heterocycles. The van der Waals surface area contributed by atoms with Gasteiger partial charge in [0.25, 0.3) is 11.5 Å². The molecular weight excluding hydrogens is 366 g/mol. The Balaban J connectivity index is 1.80. The molecule has 7 nitrogen and oxygen atoms in total. The number of likely N-dealkylation sites (tertiary alicyclic amines) is 1. The minimum absolute atomic E-state index is 0.0712. The summed E-state index contributed by atoms with van der Waals surface area (Å²) < 4.78 is 1.75. The van der Waals surface area contributed by atoms with E-state index in [0.29, 0.717) is 40.2 Å². The molecule has 2 aromatic rings. The largest absolute Gasteiger partial charge is 0.480 e. The van der Waals surface area contributed by atoms with E-state index in [1.807, 2.05) is 0 Å². The van der Waals surface area contributed by atoms with Crippen molar-refractivity contribution < 1.29 is 14.7 Å². The Morgan fingerprint density at radius 3 is 2.70 bits per heavy atom. The van der Waals surface area contributed by atoms with Gasteiger partial charge in [0.05, 0.1) is 10.3 Å². The number of hydrogen-bond acceptors (Lipinski definition) is 5. The average Bonchev–Trinajstić information content (AvgIpc) is 2.83. The van der Waals surface area contributed by atoms with Gasteiger partial charge in [0, 0.05) is 19.5 Å². The Kier molecular flexibility index (Phi) is 4.75. The SMILES string of the molecule is Cc1c(C(=O)N2CCCCC2C(=O)O)sc2nc3n(c(=O)c12)CCCCC3. The second-order valence-corrected chi connectivity index (χ2v) is 8.38. The topological polar surface area (TPSA) is 92.5 Å². The van der Waals surface area contributed by atoms with Gasteiger partial charge in [-0.15, -0.1) is 11.3 Å². The smallest absolute Gasteiger partial charge is 0.326 e. The van der Waals surface area contributed by atoms with Crippen LogP contribution in [0.5, 0.6) is 0 Å². The van der Waals surface area contributed by atoms with E-state index in [1.54, 1.807) is 11.5 Å². The van der Waals surface area contributed by atoms with E-state index >= 15 is 0 Å². The van der Waals surface area contributed by atoms with Gasteiger partial charge in [-0.3, -0.25) is 14.2 Å². The maximum Gasteiger partial charge on any atom is 0.326 e. The first-order valence-corrected chi connectivity index (χ1v) is 10.4. The average molecular weight is 389 g/mol. The van der Waals surface area contributed by atoms with Crippen LogP contribution in [0.4, 0.5) is 0 Å². The van der Waals surface area contributed by atoms with Crippen molar-refractivity contribution in [1.29, 1.82) is 0 Å². The van der Waals surface area contributed by atoms with Crippen LogP contribution in [0, 0.1) is 6.92 Å². The fourth-order valence-corrected chi connectivity index (χ4v) is 5.32. The van der Waals surface area contributed by atoms with Gasteiger partial charge in [0.1, 0.15) is 16.7 Å². The molecule has 1 saturated heterocycles. The van der Waals surface area contributed by atoms with Gasteiger partial charge in [-0.1, -0.05) is 6.42 Å². The number of hydrogen-bond donors (Lipinski definition) is 1. The molecule has 0 saturated carbocycles. The molecule has 2 aliphatic heterocycles. The van der Waals surface area contributed by atoms with E-state index < -0.39 is 12.0 Å². The summed E-state index contributed by atoms with van der Waals surface area (Å²) in [5, 5.41) is 9.98. The Morgan fingerprint density at radius 2 is 1.93 bits per heavy atom. The summed E-state index contributed by atoms with van der Waals surface area (Å²) in [6, 6.07) is -0.790. The van der Waals surface area contributed by atoms with Gasteiger partial charge in [-0.2, -0.15) is 0 Å². The Hall–Kier alpha value is -2.22. The first kappa shape index (κ1) is 18.2. The zero-order valence-electron chi connectivity index (χ0n) is 15.4. The van der Waals surface area contributed by atoms with E-state index in [2.05, 4.69) is 0 Å². The highest BCUT2D eigenvalue weighted by Crippen LogP contribution is 2.31.